The quantitative estimate of drug-likeness (QED) is 0.730. The first kappa shape index (κ1) is 16.0. The van der Waals surface area contributed by atoms with Crippen molar-refractivity contribution in [3.05, 3.63) is 0 Å². The Morgan fingerprint density at radius 3 is 2.06 bits per heavy atom. The molecule has 2 nitrogen and oxygen atoms in total. The van der Waals surface area contributed by atoms with E-state index in [0.29, 0.717) is 11.5 Å². The summed E-state index contributed by atoms with van der Waals surface area (Å²) >= 11 is 0. The van der Waals surface area contributed by atoms with Gasteiger partial charge in [0, 0.05) is 19.1 Å². The number of rotatable bonds is 6. The van der Waals surface area contributed by atoms with Gasteiger partial charge in [-0.15, -0.1) is 0 Å². The second-order valence-corrected chi connectivity index (χ2v) is 6.84. The molecule has 0 heterocycles. The second-order valence-electron chi connectivity index (χ2n) is 6.84. The zero-order valence-electron chi connectivity index (χ0n) is 13.3. The highest BCUT2D eigenvalue weighted by Gasteiger charge is 2.32. The van der Waals surface area contributed by atoms with E-state index in [0.717, 1.165) is 5.92 Å². The van der Waals surface area contributed by atoms with Crippen molar-refractivity contribution in [3.63, 3.8) is 0 Å². The van der Waals surface area contributed by atoms with Crippen molar-refractivity contribution >= 4 is 0 Å². The van der Waals surface area contributed by atoms with Crippen LogP contribution in [0.1, 0.15) is 59.3 Å². The maximum Gasteiger partial charge on any atom is 0.00871 e. The molecule has 18 heavy (non-hydrogen) atoms. The van der Waals surface area contributed by atoms with Gasteiger partial charge in [-0.2, -0.15) is 0 Å². The van der Waals surface area contributed by atoms with Crippen molar-refractivity contribution in [2.75, 3.05) is 27.2 Å². The maximum absolute atomic E-state index is 3.45. The van der Waals surface area contributed by atoms with E-state index in [1.807, 2.05) is 0 Å². The summed E-state index contributed by atoms with van der Waals surface area (Å²) in [5.74, 6) is 0.743. The molecule has 0 amide bonds. The van der Waals surface area contributed by atoms with Gasteiger partial charge in [-0.3, -0.25) is 0 Å². The molecule has 1 N–H and O–H groups in total. The lowest BCUT2D eigenvalue weighted by molar-refractivity contribution is 0.104. The van der Waals surface area contributed by atoms with Crippen LogP contribution >= 0.6 is 0 Å². The van der Waals surface area contributed by atoms with Crippen molar-refractivity contribution in [2.45, 2.75) is 65.3 Å². The molecule has 1 aliphatic rings. The minimum absolute atomic E-state index is 0.517. The summed E-state index contributed by atoms with van der Waals surface area (Å²) in [5.41, 5.74) is 0.517. The summed E-state index contributed by atoms with van der Waals surface area (Å²) in [5, 5.41) is 3.45. The third kappa shape index (κ3) is 4.55. The Morgan fingerprint density at radius 2 is 1.61 bits per heavy atom. The fourth-order valence-corrected chi connectivity index (χ4v) is 3.43. The van der Waals surface area contributed by atoms with Gasteiger partial charge in [-0.1, -0.05) is 39.5 Å². The van der Waals surface area contributed by atoms with Gasteiger partial charge >= 0.3 is 0 Å². The van der Waals surface area contributed by atoms with Crippen molar-refractivity contribution in [1.29, 1.82) is 0 Å². The van der Waals surface area contributed by atoms with Crippen LogP contribution in [0.2, 0.25) is 0 Å². The summed E-state index contributed by atoms with van der Waals surface area (Å²) < 4.78 is 0. The molecule has 0 aromatic rings. The summed E-state index contributed by atoms with van der Waals surface area (Å²) in [7, 11) is 4.42. The van der Waals surface area contributed by atoms with Gasteiger partial charge in [-0.25, -0.2) is 0 Å². The molecule has 1 aliphatic carbocycles. The Hall–Kier alpha value is -0.0800. The zero-order valence-corrected chi connectivity index (χ0v) is 13.3. The Morgan fingerprint density at radius 1 is 1.06 bits per heavy atom. The van der Waals surface area contributed by atoms with Crippen LogP contribution in [0, 0.1) is 11.3 Å². The van der Waals surface area contributed by atoms with E-state index in [1.54, 1.807) is 0 Å². The lowest BCUT2D eigenvalue weighted by Gasteiger charge is -2.40. The molecular weight excluding hydrogens is 220 g/mol. The minimum Gasteiger partial charge on any atom is -0.319 e. The van der Waals surface area contributed by atoms with Gasteiger partial charge in [0.25, 0.3) is 0 Å². The Kier molecular flexibility index (Phi) is 6.65. The van der Waals surface area contributed by atoms with Gasteiger partial charge in [0.15, 0.2) is 0 Å². The molecule has 0 spiro atoms. The summed E-state index contributed by atoms with van der Waals surface area (Å²) in [6, 6.07) is 0.682. The van der Waals surface area contributed by atoms with Gasteiger partial charge in [-0.05, 0) is 45.2 Å². The molecule has 0 aliphatic heterocycles. The van der Waals surface area contributed by atoms with Gasteiger partial charge in [0.2, 0.25) is 0 Å². The first-order valence-electron chi connectivity index (χ1n) is 7.85. The van der Waals surface area contributed by atoms with E-state index >= 15 is 0 Å². The van der Waals surface area contributed by atoms with Crippen molar-refractivity contribution < 1.29 is 0 Å². The predicted octanol–water partition coefficient (Wildman–Crippen LogP) is 3.52. The molecule has 0 aromatic carbocycles. The summed E-state index contributed by atoms with van der Waals surface area (Å²) in [6.45, 7) is 9.47. The summed E-state index contributed by atoms with van der Waals surface area (Å²) in [6.07, 6.45) is 8.53. The van der Waals surface area contributed by atoms with E-state index in [9.17, 15) is 0 Å². The normalized spacial score (nSPS) is 22.2. The molecule has 0 bridgehead atoms. The van der Waals surface area contributed by atoms with Crippen LogP contribution in [0.3, 0.4) is 0 Å². The third-order valence-corrected chi connectivity index (χ3v) is 4.96. The molecule has 108 valence electrons. The lowest BCUT2D eigenvalue weighted by Crippen LogP contribution is -2.46. The topological polar surface area (TPSA) is 15.3 Å². The SMILES string of the molecule is CNCC1(CN(C)C(C)C(C)C)CCCCCC1. The Labute approximate surface area is 115 Å². The van der Waals surface area contributed by atoms with Crippen LogP contribution in [-0.4, -0.2) is 38.1 Å². The standard InChI is InChI=1S/C16H34N2/c1-14(2)15(3)18(5)13-16(12-17-4)10-8-6-7-9-11-16/h14-15,17H,6-13H2,1-5H3. The smallest absolute Gasteiger partial charge is 0.00871 e. The second kappa shape index (κ2) is 7.49. The van der Waals surface area contributed by atoms with Crippen LogP contribution in [-0.2, 0) is 0 Å². The molecule has 1 saturated carbocycles. The van der Waals surface area contributed by atoms with Crippen molar-refractivity contribution in [1.82, 2.24) is 10.2 Å². The Bertz CT molecular complexity index is 217. The van der Waals surface area contributed by atoms with Gasteiger partial charge in [0.1, 0.15) is 0 Å². The fourth-order valence-electron chi connectivity index (χ4n) is 3.43. The lowest BCUT2D eigenvalue weighted by atomic mass is 9.79. The molecule has 0 radical (unpaired) electrons. The van der Waals surface area contributed by atoms with Crippen molar-refractivity contribution in [2.24, 2.45) is 11.3 Å². The molecule has 0 saturated heterocycles. The Balaban J connectivity index is 2.65. The average molecular weight is 254 g/mol. The fraction of sp³-hybridized carbons (Fsp3) is 1.00. The highest BCUT2D eigenvalue weighted by atomic mass is 15.1. The first-order valence-corrected chi connectivity index (χ1v) is 7.85. The molecule has 0 aromatic heterocycles. The van der Waals surface area contributed by atoms with Gasteiger partial charge < -0.3 is 10.2 Å². The van der Waals surface area contributed by atoms with Crippen LogP contribution in [0.4, 0.5) is 0 Å². The largest absolute Gasteiger partial charge is 0.319 e. The highest BCUT2D eigenvalue weighted by Crippen LogP contribution is 2.35. The van der Waals surface area contributed by atoms with Crippen LogP contribution in [0.5, 0.6) is 0 Å². The minimum atomic E-state index is 0.517. The molecular formula is C16H34N2. The highest BCUT2D eigenvalue weighted by molar-refractivity contribution is 4.87. The van der Waals surface area contributed by atoms with E-state index in [1.165, 1.54) is 51.6 Å². The number of hydrogen-bond donors (Lipinski definition) is 1. The van der Waals surface area contributed by atoms with Crippen LogP contribution in [0.15, 0.2) is 0 Å². The predicted molar refractivity (Wildman–Crippen MR) is 81.0 cm³/mol. The number of nitrogens with zero attached hydrogens (tertiary/aromatic N) is 1. The van der Waals surface area contributed by atoms with E-state index < -0.39 is 0 Å². The van der Waals surface area contributed by atoms with E-state index in [4.69, 9.17) is 0 Å². The number of hydrogen-bond acceptors (Lipinski definition) is 2. The number of nitrogens with one attached hydrogen (secondary N) is 1. The molecule has 2 heteroatoms. The zero-order chi connectivity index (χ0) is 13.6. The molecule has 1 rings (SSSR count). The van der Waals surface area contributed by atoms with Gasteiger partial charge in [0.05, 0.1) is 0 Å². The van der Waals surface area contributed by atoms with Crippen LogP contribution < -0.4 is 5.32 Å². The molecule has 1 atom stereocenters. The molecule has 1 unspecified atom stereocenters. The average Bonchev–Trinajstić information content (AvgIpc) is 2.54. The van der Waals surface area contributed by atoms with E-state index in [-0.39, 0.29) is 0 Å². The monoisotopic (exact) mass is 254 g/mol. The maximum atomic E-state index is 3.45. The third-order valence-electron chi connectivity index (χ3n) is 4.96. The van der Waals surface area contributed by atoms with Crippen LogP contribution in [0.25, 0.3) is 0 Å². The first-order chi connectivity index (χ1) is 8.51. The van der Waals surface area contributed by atoms with E-state index in [2.05, 4.69) is 45.1 Å². The molecule has 1 fully saturated rings. The van der Waals surface area contributed by atoms with Crippen molar-refractivity contribution in [3.8, 4) is 0 Å². The summed E-state index contributed by atoms with van der Waals surface area (Å²) in [4.78, 5) is 2.59.